The number of aryl methyl sites for hydroxylation is 1. The first kappa shape index (κ1) is 20.2. The molecule has 1 aliphatic rings. The van der Waals surface area contributed by atoms with Crippen LogP contribution in [0, 0.1) is 0 Å². The summed E-state index contributed by atoms with van der Waals surface area (Å²) in [5.74, 6) is 1.12. The van der Waals surface area contributed by atoms with E-state index < -0.39 is 0 Å². The van der Waals surface area contributed by atoms with Crippen LogP contribution < -0.4 is 5.32 Å². The molecule has 1 aliphatic heterocycles. The van der Waals surface area contributed by atoms with Crippen LogP contribution in [0.15, 0.2) is 17.1 Å². The van der Waals surface area contributed by atoms with Gasteiger partial charge in [-0.3, -0.25) is 4.79 Å². The van der Waals surface area contributed by atoms with Gasteiger partial charge < -0.3 is 15.1 Å². The van der Waals surface area contributed by atoms with Crippen molar-refractivity contribution in [3.05, 3.63) is 21.9 Å². The van der Waals surface area contributed by atoms with E-state index in [0.717, 1.165) is 51.6 Å². The maximum Gasteiger partial charge on any atom is 0.219 e. The number of hydrogen-bond donors (Lipinski definition) is 1. The van der Waals surface area contributed by atoms with E-state index in [9.17, 15) is 4.79 Å². The summed E-state index contributed by atoms with van der Waals surface area (Å²) >= 11 is 1.84. The van der Waals surface area contributed by atoms with Crippen molar-refractivity contribution < 1.29 is 4.79 Å². The highest BCUT2D eigenvalue weighted by Crippen LogP contribution is 2.17. The van der Waals surface area contributed by atoms with Gasteiger partial charge in [0, 0.05) is 49.4 Å². The Morgan fingerprint density at radius 1 is 1.17 bits per heavy atom. The number of rotatable bonds is 4. The number of piperazine rings is 1. The number of carbonyl (C=O) groups excluding carboxylic acids is 1. The minimum atomic E-state index is 0. The zero-order valence-electron chi connectivity index (χ0n) is 14.2. The lowest BCUT2D eigenvalue weighted by atomic mass is 10.3. The van der Waals surface area contributed by atoms with Crippen molar-refractivity contribution in [2.45, 2.75) is 33.7 Å². The van der Waals surface area contributed by atoms with Gasteiger partial charge in [-0.25, -0.2) is 4.99 Å². The summed E-state index contributed by atoms with van der Waals surface area (Å²) in [6.45, 7) is 10.7. The molecule has 2 rings (SSSR count). The van der Waals surface area contributed by atoms with Gasteiger partial charge in [-0.15, -0.1) is 35.3 Å². The second-order valence-electron chi connectivity index (χ2n) is 5.38. The summed E-state index contributed by atoms with van der Waals surface area (Å²) in [6.07, 6.45) is 1.08. The molecule has 0 aromatic carbocycles. The van der Waals surface area contributed by atoms with E-state index in [4.69, 9.17) is 4.99 Å². The molecule has 1 amide bonds. The maximum absolute atomic E-state index is 11.4. The fraction of sp³-hybridized carbons (Fsp3) is 0.625. The predicted molar refractivity (Wildman–Crippen MR) is 108 cm³/mol. The Balaban J connectivity index is 0.00000264. The number of nitrogens with one attached hydrogen (secondary N) is 1. The molecule has 1 saturated heterocycles. The third-order valence-electron chi connectivity index (χ3n) is 3.81. The van der Waals surface area contributed by atoms with Crippen LogP contribution in [-0.2, 0) is 17.8 Å². The molecule has 1 fully saturated rings. The number of aliphatic imine (C=N–C) groups is 1. The number of hydrogen-bond acceptors (Lipinski definition) is 3. The molecular weight excluding hydrogens is 423 g/mol. The Bertz CT molecular complexity index is 524. The van der Waals surface area contributed by atoms with Crippen LogP contribution in [0.4, 0.5) is 0 Å². The zero-order valence-corrected chi connectivity index (χ0v) is 17.3. The lowest BCUT2D eigenvalue weighted by molar-refractivity contribution is -0.130. The molecule has 2 heterocycles. The molecule has 0 atom stereocenters. The number of carbonyl (C=O) groups is 1. The Morgan fingerprint density at radius 2 is 1.78 bits per heavy atom. The highest BCUT2D eigenvalue weighted by Gasteiger charge is 2.20. The lowest BCUT2D eigenvalue weighted by Gasteiger charge is -2.36. The Labute approximate surface area is 160 Å². The van der Waals surface area contributed by atoms with Crippen molar-refractivity contribution in [3.63, 3.8) is 0 Å². The van der Waals surface area contributed by atoms with Crippen LogP contribution in [0.3, 0.4) is 0 Å². The van der Waals surface area contributed by atoms with E-state index in [2.05, 4.69) is 36.2 Å². The summed E-state index contributed by atoms with van der Waals surface area (Å²) in [7, 11) is 0. The van der Waals surface area contributed by atoms with Gasteiger partial charge in [0.25, 0.3) is 0 Å². The number of halogens is 1. The van der Waals surface area contributed by atoms with Gasteiger partial charge in [-0.1, -0.05) is 6.92 Å². The highest BCUT2D eigenvalue weighted by atomic mass is 127. The van der Waals surface area contributed by atoms with Crippen molar-refractivity contribution in [2.24, 2.45) is 4.99 Å². The summed E-state index contributed by atoms with van der Waals surface area (Å²) in [5, 5.41) is 3.36. The third-order valence-corrected chi connectivity index (χ3v) is 5.02. The number of guanidine groups is 1. The van der Waals surface area contributed by atoms with Crippen LogP contribution in [0.2, 0.25) is 0 Å². The van der Waals surface area contributed by atoms with Crippen molar-refractivity contribution in [2.75, 3.05) is 32.7 Å². The zero-order chi connectivity index (χ0) is 15.9. The first-order chi connectivity index (χ1) is 10.6. The fourth-order valence-corrected chi connectivity index (χ4v) is 3.39. The molecule has 1 aromatic heterocycles. The molecule has 1 aromatic rings. The van der Waals surface area contributed by atoms with Crippen LogP contribution in [-0.4, -0.2) is 54.4 Å². The summed E-state index contributed by atoms with van der Waals surface area (Å²) in [6, 6.07) is 4.36. The fourth-order valence-electron chi connectivity index (χ4n) is 2.51. The lowest BCUT2D eigenvalue weighted by Crippen LogP contribution is -2.53. The highest BCUT2D eigenvalue weighted by molar-refractivity contribution is 14.0. The molecule has 7 heteroatoms. The minimum Gasteiger partial charge on any atom is -0.357 e. The first-order valence-corrected chi connectivity index (χ1v) is 8.82. The van der Waals surface area contributed by atoms with Crippen LogP contribution in [0.25, 0.3) is 0 Å². The molecule has 0 radical (unpaired) electrons. The molecule has 1 N–H and O–H groups in total. The van der Waals surface area contributed by atoms with Crippen LogP contribution >= 0.6 is 35.3 Å². The van der Waals surface area contributed by atoms with E-state index in [1.807, 2.05) is 16.2 Å². The summed E-state index contributed by atoms with van der Waals surface area (Å²) < 4.78 is 0. The monoisotopic (exact) mass is 450 g/mol. The molecule has 0 unspecified atom stereocenters. The number of amides is 1. The van der Waals surface area contributed by atoms with Gasteiger partial charge in [-0.05, 0) is 25.5 Å². The van der Waals surface area contributed by atoms with E-state index in [-0.39, 0.29) is 29.9 Å². The van der Waals surface area contributed by atoms with E-state index in [1.165, 1.54) is 9.75 Å². The molecule has 130 valence electrons. The van der Waals surface area contributed by atoms with Crippen LogP contribution in [0.5, 0.6) is 0 Å². The van der Waals surface area contributed by atoms with E-state index in [0.29, 0.717) is 0 Å². The third kappa shape index (κ3) is 5.95. The Hall–Kier alpha value is -0.830. The van der Waals surface area contributed by atoms with Crippen LogP contribution in [0.1, 0.15) is 30.5 Å². The Kier molecular flexibility index (Phi) is 8.90. The van der Waals surface area contributed by atoms with E-state index >= 15 is 0 Å². The average molecular weight is 450 g/mol. The number of thiophene rings is 1. The van der Waals surface area contributed by atoms with Crippen molar-refractivity contribution in [1.29, 1.82) is 0 Å². The largest absolute Gasteiger partial charge is 0.357 e. The van der Waals surface area contributed by atoms with Crippen molar-refractivity contribution in [3.8, 4) is 0 Å². The first-order valence-electron chi connectivity index (χ1n) is 8.00. The van der Waals surface area contributed by atoms with Gasteiger partial charge in [0.1, 0.15) is 0 Å². The van der Waals surface area contributed by atoms with Gasteiger partial charge >= 0.3 is 0 Å². The molecule has 0 aliphatic carbocycles. The quantitative estimate of drug-likeness (QED) is 0.436. The number of nitrogens with zero attached hydrogens (tertiary/aromatic N) is 3. The predicted octanol–water partition coefficient (Wildman–Crippen LogP) is 2.56. The van der Waals surface area contributed by atoms with E-state index in [1.54, 1.807) is 6.92 Å². The summed E-state index contributed by atoms with van der Waals surface area (Å²) in [4.78, 5) is 23.0. The maximum atomic E-state index is 11.4. The molecule has 5 nitrogen and oxygen atoms in total. The smallest absolute Gasteiger partial charge is 0.219 e. The standard InChI is InChI=1S/C16H26N4OS.HI/c1-4-14-6-7-15(22-14)12-18-16(17-5-2)20-10-8-19(9-11-20)13(3)21;/h6-7H,4-5,8-12H2,1-3H3,(H,17,18);1H. The van der Waals surface area contributed by atoms with Gasteiger partial charge in [0.05, 0.1) is 6.54 Å². The molecule has 23 heavy (non-hydrogen) atoms. The molecule has 0 bridgehead atoms. The normalized spacial score (nSPS) is 15.3. The molecule has 0 spiro atoms. The van der Waals surface area contributed by atoms with Crippen molar-refractivity contribution in [1.82, 2.24) is 15.1 Å². The van der Waals surface area contributed by atoms with Crippen molar-refractivity contribution >= 4 is 47.2 Å². The summed E-state index contributed by atoms with van der Waals surface area (Å²) in [5.41, 5.74) is 0. The van der Waals surface area contributed by atoms with Gasteiger partial charge in [0.2, 0.25) is 5.91 Å². The van der Waals surface area contributed by atoms with Gasteiger partial charge in [0.15, 0.2) is 5.96 Å². The SMILES string of the molecule is CCNC(=NCc1ccc(CC)s1)N1CCN(C(C)=O)CC1.I. The Morgan fingerprint density at radius 3 is 2.30 bits per heavy atom. The minimum absolute atomic E-state index is 0. The van der Waals surface area contributed by atoms with Gasteiger partial charge in [-0.2, -0.15) is 0 Å². The second kappa shape index (κ2) is 10.1. The topological polar surface area (TPSA) is 47.9 Å². The molecular formula is C16H27IN4OS. The molecule has 0 saturated carbocycles. The average Bonchev–Trinajstić information content (AvgIpc) is 2.99. The second-order valence-corrected chi connectivity index (χ2v) is 6.64.